The van der Waals surface area contributed by atoms with E-state index >= 15 is 0 Å². The van der Waals surface area contributed by atoms with E-state index in [9.17, 15) is 4.79 Å². The molecule has 5 nitrogen and oxygen atoms in total. The third kappa shape index (κ3) is 3.07. The molecule has 1 saturated heterocycles. The first-order valence-corrected chi connectivity index (χ1v) is 8.16. The normalized spacial score (nSPS) is 25.8. The van der Waals surface area contributed by atoms with E-state index in [4.69, 9.17) is 20.6 Å². The van der Waals surface area contributed by atoms with E-state index in [1.165, 1.54) is 0 Å². The summed E-state index contributed by atoms with van der Waals surface area (Å²) in [4.78, 5) is 14.6. The zero-order valence-electron chi connectivity index (χ0n) is 14.5. The zero-order valence-corrected chi connectivity index (χ0v) is 14.5. The van der Waals surface area contributed by atoms with Crippen LogP contribution in [0.3, 0.4) is 0 Å². The van der Waals surface area contributed by atoms with Crippen molar-refractivity contribution in [2.45, 2.75) is 51.5 Å². The summed E-state index contributed by atoms with van der Waals surface area (Å²) in [5.74, 6) is 3.31. The molecule has 3 atom stereocenters. The Balaban J connectivity index is 1.98. The van der Waals surface area contributed by atoms with Crippen LogP contribution >= 0.6 is 0 Å². The summed E-state index contributed by atoms with van der Waals surface area (Å²) < 4.78 is 17.3. The zero-order chi connectivity index (χ0) is 17.5. The largest absolute Gasteiger partial charge is 0.490 e. The van der Waals surface area contributed by atoms with E-state index in [1.54, 1.807) is 4.90 Å². The van der Waals surface area contributed by atoms with Crippen LogP contribution in [0.25, 0.3) is 0 Å². The smallest absolute Gasteiger partial charge is 0.411 e. The molecule has 1 aromatic carbocycles. The second-order valence-electron chi connectivity index (χ2n) is 7.26. The number of nitrogens with zero attached hydrogens (tertiary/aromatic N) is 1. The fourth-order valence-electron chi connectivity index (χ4n) is 3.15. The molecule has 0 aliphatic carbocycles. The monoisotopic (exact) mass is 329 g/mol. The van der Waals surface area contributed by atoms with E-state index in [-0.39, 0.29) is 24.3 Å². The third-order valence-electron chi connectivity index (χ3n) is 4.18. The van der Waals surface area contributed by atoms with Gasteiger partial charge in [0.15, 0.2) is 0 Å². The SMILES string of the molecule is C#Cc1ccc2c(c1)OC[C@H]1OC[C@@H](C)N(C(=O)OC(C)(C)C)[C@@H]21. The molecule has 2 aliphatic heterocycles. The van der Waals surface area contributed by atoms with Gasteiger partial charge < -0.3 is 14.2 Å². The summed E-state index contributed by atoms with van der Waals surface area (Å²) in [5.41, 5.74) is 1.11. The van der Waals surface area contributed by atoms with Crippen LogP contribution in [0.4, 0.5) is 4.79 Å². The van der Waals surface area contributed by atoms with E-state index in [0.717, 1.165) is 11.1 Å². The van der Waals surface area contributed by atoms with Crippen molar-refractivity contribution in [3.8, 4) is 18.1 Å². The highest BCUT2D eigenvalue weighted by atomic mass is 16.6. The van der Waals surface area contributed by atoms with Crippen molar-refractivity contribution < 1.29 is 19.0 Å². The van der Waals surface area contributed by atoms with Crippen molar-refractivity contribution in [3.63, 3.8) is 0 Å². The lowest BCUT2D eigenvalue weighted by atomic mass is 9.93. The van der Waals surface area contributed by atoms with Gasteiger partial charge in [0.25, 0.3) is 0 Å². The molecule has 24 heavy (non-hydrogen) atoms. The van der Waals surface area contributed by atoms with Crippen molar-refractivity contribution >= 4 is 6.09 Å². The molecule has 0 unspecified atom stereocenters. The minimum atomic E-state index is -0.550. The number of benzene rings is 1. The van der Waals surface area contributed by atoms with Gasteiger partial charge in [0.05, 0.1) is 18.7 Å². The molecule has 0 aromatic heterocycles. The maximum absolute atomic E-state index is 12.8. The number of carbonyl (C=O) groups excluding carboxylic acids is 1. The Bertz CT molecular complexity index is 686. The van der Waals surface area contributed by atoms with Crippen molar-refractivity contribution in [1.29, 1.82) is 0 Å². The summed E-state index contributed by atoms with van der Waals surface area (Å²) in [6.45, 7) is 8.41. The number of terminal acetylenes is 1. The van der Waals surface area contributed by atoms with Gasteiger partial charge in [-0.15, -0.1) is 6.42 Å². The van der Waals surface area contributed by atoms with Gasteiger partial charge in [-0.05, 0) is 39.8 Å². The maximum atomic E-state index is 12.8. The molecule has 128 valence electrons. The number of rotatable bonds is 0. The van der Waals surface area contributed by atoms with Crippen LogP contribution < -0.4 is 4.74 Å². The molecular weight excluding hydrogens is 306 g/mol. The number of carbonyl (C=O) groups is 1. The van der Waals surface area contributed by atoms with Crippen molar-refractivity contribution in [2.24, 2.45) is 0 Å². The highest BCUT2D eigenvalue weighted by Crippen LogP contribution is 2.41. The Morgan fingerprint density at radius 2 is 2.12 bits per heavy atom. The van der Waals surface area contributed by atoms with Gasteiger partial charge in [0.2, 0.25) is 0 Å². The highest BCUT2D eigenvalue weighted by molar-refractivity contribution is 5.70. The number of hydrogen-bond acceptors (Lipinski definition) is 4. The summed E-state index contributed by atoms with van der Waals surface area (Å²) in [7, 11) is 0. The van der Waals surface area contributed by atoms with E-state index in [1.807, 2.05) is 45.9 Å². The van der Waals surface area contributed by atoms with Crippen LogP contribution in [0.15, 0.2) is 18.2 Å². The minimum Gasteiger partial charge on any atom is -0.490 e. The Morgan fingerprint density at radius 1 is 1.38 bits per heavy atom. The second kappa shape index (κ2) is 6.03. The molecule has 0 saturated carbocycles. The van der Waals surface area contributed by atoms with E-state index < -0.39 is 5.60 Å². The van der Waals surface area contributed by atoms with Crippen LogP contribution in [0.1, 0.15) is 44.9 Å². The molecule has 2 aliphatic rings. The molecule has 1 aromatic rings. The molecule has 5 heteroatoms. The number of ether oxygens (including phenoxy) is 3. The second-order valence-corrected chi connectivity index (χ2v) is 7.26. The lowest BCUT2D eigenvalue weighted by Gasteiger charge is -2.47. The molecule has 0 N–H and O–H groups in total. The van der Waals surface area contributed by atoms with Gasteiger partial charge in [-0.25, -0.2) is 4.79 Å². The first-order chi connectivity index (χ1) is 11.3. The predicted molar refractivity (Wildman–Crippen MR) is 89.9 cm³/mol. The average molecular weight is 329 g/mol. The van der Waals surface area contributed by atoms with Gasteiger partial charge in [-0.2, -0.15) is 0 Å². The first kappa shape index (κ1) is 16.7. The third-order valence-corrected chi connectivity index (χ3v) is 4.18. The fraction of sp³-hybridized carbons (Fsp3) is 0.526. The van der Waals surface area contributed by atoms with E-state index in [0.29, 0.717) is 19.0 Å². The van der Waals surface area contributed by atoms with Gasteiger partial charge in [-0.1, -0.05) is 12.0 Å². The van der Waals surface area contributed by atoms with E-state index in [2.05, 4.69) is 5.92 Å². The topological polar surface area (TPSA) is 48.0 Å². The Labute approximate surface area is 142 Å². The van der Waals surface area contributed by atoms with Gasteiger partial charge >= 0.3 is 6.09 Å². The molecule has 3 rings (SSSR count). The summed E-state index contributed by atoms with van der Waals surface area (Å²) >= 11 is 0. The lowest BCUT2D eigenvalue weighted by molar-refractivity contribution is -0.120. The fourth-order valence-corrected chi connectivity index (χ4v) is 3.15. The molecule has 0 radical (unpaired) electrons. The summed E-state index contributed by atoms with van der Waals surface area (Å²) in [6, 6.07) is 5.29. The van der Waals surface area contributed by atoms with Crippen LogP contribution in [0.5, 0.6) is 5.75 Å². The molecule has 1 fully saturated rings. The van der Waals surface area contributed by atoms with Crippen molar-refractivity contribution in [3.05, 3.63) is 29.3 Å². The van der Waals surface area contributed by atoms with Crippen molar-refractivity contribution in [2.75, 3.05) is 13.2 Å². The highest BCUT2D eigenvalue weighted by Gasteiger charge is 2.45. The standard InChI is InChI=1S/C19H23NO4/c1-6-13-7-8-14-15(9-13)23-11-16-17(14)20(12(2)10-22-16)18(21)24-19(3,4)5/h1,7-9,12,16-17H,10-11H2,2-5H3/t12-,16-,17+/m1/s1. The Morgan fingerprint density at radius 3 is 2.79 bits per heavy atom. The number of amides is 1. The first-order valence-electron chi connectivity index (χ1n) is 8.16. The van der Waals surface area contributed by atoms with Crippen molar-refractivity contribution in [1.82, 2.24) is 4.90 Å². The Kier molecular flexibility index (Phi) is 4.18. The molecular formula is C19H23NO4. The average Bonchev–Trinajstić information content (AvgIpc) is 2.52. The predicted octanol–water partition coefficient (Wildman–Crippen LogP) is 3.13. The van der Waals surface area contributed by atoms with Gasteiger partial charge in [0, 0.05) is 11.1 Å². The minimum absolute atomic E-state index is 0.0839. The number of hydrogen-bond donors (Lipinski definition) is 0. The Hall–Kier alpha value is -2.19. The quantitative estimate of drug-likeness (QED) is 0.686. The van der Waals surface area contributed by atoms with Crippen LogP contribution in [-0.2, 0) is 9.47 Å². The summed E-state index contributed by atoms with van der Waals surface area (Å²) in [5, 5.41) is 0. The maximum Gasteiger partial charge on any atom is 0.411 e. The number of morpholine rings is 1. The van der Waals surface area contributed by atoms with Crippen LogP contribution in [-0.4, -0.2) is 42.0 Å². The van der Waals surface area contributed by atoms with Gasteiger partial charge in [-0.3, -0.25) is 4.90 Å². The molecule has 1 amide bonds. The lowest BCUT2D eigenvalue weighted by Crippen LogP contribution is -2.56. The van der Waals surface area contributed by atoms with Crippen LogP contribution in [0, 0.1) is 12.3 Å². The summed E-state index contributed by atoms with van der Waals surface area (Å²) in [6.07, 6.45) is 4.93. The molecule has 0 bridgehead atoms. The number of fused-ring (bicyclic) bond motifs is 3. The van der Waals surface area contributed by atoms with Gasteiger partial charge in [0.1, 0.15) is 24.1 Å². The van der Waals surface area contributed by atoms with Crippen LogP contribution in [0.2, 0.25) is 0 Å². The molecule has 2 heterocycles. The molecule has 0 spiro atoms.